The Bertz CT molecular complexity index is 313. The van der Waals surface area contributed by atoms with Crippen molar-refractivity contribution in [2.75, 3.05) is 27.2 Å². The van der Waals surface area contributed by atoms with E-state index in [-0.39, 0.29) is 17.9 Å². The summed E-state index contributed by atoms with van der Waals surface area (Å²) >= 11 is 0. The van der Waals surface area contributed by atoms with E-state index in [1.165, 1.54) is 0 Å². The normalized spacial score (nSPS) is 13.1. The van der Waals surface area contributed by atoms with Crippen LogP contribution in [0.25, 0.3) is 0 Å². The summed E-state index contributed by atoms with van der Waals surface area (Å²) in [6.45, 7) is 14.3. The number of carbonyl (C=O) groups is 1. The lowest BCUT2D eigenvalue weighted by Gasteiger charge is -2.31. The van der Waals surface area contributed by atoms with Gasteiger partial charge in [0, 0.05) is 25.7 Å². The highest BCUT2D eigenvalue weighted by Crippen LogP contribution is 2.15. The van der Waals surface area contributed by atoms with Crippen LogP contribution in [0.1, 0.15) is 40.5 Å². The van der Waals surface area contributed by atoms with Crippen molar-refractivity contribution >= 4 is 5.91 Å². The molecule has 20 heavy (non-hydrogen) atoms. The zero-order chi connectivity index (χ0) is 15.9. The van der Waals surface area contributed by atoms with E-state index in [2.05, 4.69) is 46.2 Å². The third-order valence-corrected chi connectivity index (χ3v) is 3.43. The molecule has 0 aromatic heterocycles. The van der Waals surface area contributed by atoms with Gasteiger partial charge in [-0.2, -0.15) is 0 Å². The summed E-state index contributed by atoms with van der Waals surface area (Å²) in [5, 5.41) is 0. The maximum absolute atomic E-state index is 12.2. The highest BCUT2D eigenvalue weighted by molar-refractivity contribution is 5.76. The summed E-state index contributed by atoms with van der Waals surface area (Å²) in [5.41, 5.74) is 6.37. The van der Waals surface area contributed by atoms with Crippen molar-refractivity contribution in [2.45, 2.75) is 46.6 Å². The van der Waals surface area contributed by atoms with E-state index in [4.69, 9.17) is 5.73 Å². The Kier molecular flexibility index (Phi) is 8.54. The van der Waals surface area contributed by atoms with E-state index in [1.54, 1.807) is 4.90 Å². The van der Waals surface area contributed by atoms with Crippen molar-refractivity contribution < 1.29 is 4.79 Å². The first kappa shape index (κ1) is 19.0. The fourth-order valence-corrected chi connectivity index (χ4v) is 2.67. The summed E-state index contributed by atoms with van der Waals surface area (Å²) in [6.07, 6.45) is 1.45. The monoisotopic (exact) mass is 283 g/mol. The van der Waals surface area contributed by atoms with E-state index in [0.717, 1.165) is 19.5 Å². The fraction of sp³-hybridized carbons (Fsp3) is 0.812. The number of carbonyl (C=O) groups excluding carboxylic acids is 1. The van der Waals surface area contributed by atoms with Crippen LogP contribution in [-0.4, -0.2) is 48.9 Å². The third-order valence-electron chi connectivity index (χ3n) is 3.43. The van der Waals surface area contributed by atoms with Gasteiger partial charge >= 0.3 is 0 Å². The Hall–Kier alpha value is -1.03. The summed E-state index contributed by atoms with van der Waals surface area (Å²) < 4.78 is 0. The van der Waals surface area contributed by atoms with Crippen molar-refractivity contribution in [3.63, 3.8) is 0 Å². The molecular formula is C16H33N3O. The van der Waals surface area contributed by atoms with Crippen LogP contribution < -0.4 is 5.73 Å². The average molecular weight is 283 g/mol. The highest BCUT2D eigenvalue weighted by Gasteiger charge is 2.23. The first-order valence-electron chi connectivity index (χ1n) is 7.55. The summed E-state index contributed by atoms with van der Waals surface area (Å²) in [6, 6.07) is -0.0732. The lowest BCUT2D eigenvalue weighted by atomic mass is 10.00. The Labute approximate surface area is 125 Å². The molecule has 0 spiro atoms. The van der Waals surface area contributed by atoms with Gasteiger partial charge in [-0.3, -0.25) is 4.79 Å². The van der Waals surface area contributed by atoms with Crippen LogP contribution in [0, 0.1) is 11.8 Å². The number of nitrogens with zero attached hydrogens (tertiary/aromatic N) is 2. The molecule has 0 radical (unpaired) electrons. The van der Waals surface area contributed by atoms with Crippen LogP contribution in [0.2, 0.25) is 0 Å². The van der Waals surface area contributed by atoms with Gasteiger partial charge < -0.3 is 15.5 Å². The number of nitrogens with two attached hydrogens (primary N) is 1. The van der Waals surface area contributed by atoms with Crippen LogP contribution in [0.3, 0.4) is 0 Å². The minimum Gasteiger partial charge on any atom is -0.401 e. The van der Waals surface area contributed by atoms with E-state index in [0.29, 0.717) is 18.0 Å². The lowest BCUT2D eigenvalue weighted by molar-refractivity contribution is -0.132. The van der Waals surface area contributed by atoms with E-state index in [1.807, 2.05) is 7.05 Å². The molecule has 0 aliphatic rings. The second kappa shape index (κ2) is 9.01. The van der Waals surface area contributed by atoms with Crippen molar-refractivity contribution in [1.29, 1.82) is 0 Å². The molecule has 0 unspecified atom stereocenters. The van der Waals surface area contributed by atoms with Crippen molar-refractivity contribution in [3.8, 4) is 0 Å². The van der Waals surface area contributed by atoms with Gasteiger partial charge in [-0.15, -0.1) is 0 Å². The first-order valence-corrected chi connectivity index (χ1v) is 7.55. The number of likely N-dealkylation sites (N-methyl/N-ethyl adjacent to an activating group) is 1. The number of amides is 1. The number of rotatable bonds is 9. The average Bonchev–Trinajstić information content (AvgIpc) is 2.26. The molecule has 0 aromatic rings. The summed E-state index contributed by atoms with van der Waals surface area (Å²) in [7, 11) is 3.93. The Morgan fingerprint density at radius 2 is 1.75 bits per heavy atom. The zero-order valence-corrected chi connectivity index (χ0v) is 14.1. The summed E-state index contributed by atoms with van der Waals surface area (Å²) in [4.78, 5) is 16.2. The molecule has 4 heteroatoms. The predicted molar refractivity (Wildman–Crippen MR) is 86.3 cm³/mol. The quantitative estimate of drug-likeness (QED) is 0.706. The van der Waals surface area contributed by atoms with Crippen molar-refractivity contribution in [2.24, 2.45) is 17.6 Å². The second-order valence-electron chi connectivity index (χ2n) is 6.53. The van der Waals surface area contributed by atoms with Crippen LogP contribution >= 0.6 is 0 Å². The van der Waals surface area contributed by atoms with E-state index < -0.39 is 0 Å². The predicted octanol–water partition coefficient (Wildman–Crippen LogP) is 2.31. The third kappa shape index (κ3) is 6.94. The highest BCUT2D eigenvalue weighted by atomic mass is 16.2. The second-order valence-corrected chi connectivity index (χ2v) is 6.53. The van der Waals surface area contributed by atoms with E-state index in [9.17, 15) is 4.79 Å². The molecule has 4 nitrogen and oxygen atoms in total. The molecule has 0 fully saturated rings. The maximum atomic E-state index is 12.2. The Morgan fingerprint density at radius 3 is 2.15 bits per heavy atom. The van der Waals surface area contributed by atoms with Crippen LogP contribution in [0.5, 0.6) is 0 Å². The minimum absolute atomic E-state index is 0.0732. The fourth-order valence-electron chi connectivity index (χ4n) is 2.67. The molecule has 0 aliphatic carbocycles. The van der Waals surface area contributed by atoms with Gasteiger partial charge in [-0.1, -0.05) is 34.3 Å². The van der Waals surface area contributed by atoms with Crippen molar-refractivity contribution in [3.05, 3.63) is 12.3 Å². The molecule has 0 aromatic carbocycles. The SMILES string of the molecule is C=C(N)[C@H](C(C)C)N(C)C(=O)CCCN(C)CC(C)C. The first-order chi connectivity index (χ1) is 9.16. The molecule has 2 N–H and O–H groups in total. The molecule has 1 amide bonds. The van der Waals surface area contributed by atoms with Crippen LogP contribution in [0.15, 0.2) is 12.3 Å². The maximum Gasteiger partial charge on any atom is 0.222 e. The van der Waals surface area contributed by atoms with Crippen LogP contribution in [0.4, 0.5) is 0 Å². The lowest BCUT2D eigenvalue weighted by Crippen LogP contribution is -2.43. The topological polar surface area (TPSA) is 49.6 Å². The van der Waals surface area contributed by atoms with Gasteiger partial charge in [0.25, 0.3) is 0 Å². The van der Waals surface area contributed by atoms with Gasteiger partial charge in [-0.05, 0) is 31.8 Å². The van der Waals surface area contributed by atoms with Gasteiger partial charge in [0.05, 0.1) is 6.04 Å². The zero-order valence-electron chi connectivity index (χ0n) is 14.1. The molecule has 1 atom stereocenters. The number of hydrogen-bond donors (Lipinski definition) is 1. The van der Waals surface area contributed by atoms with Gasteiger partial charge in [0.1, 0.15) is 0 Å². The molecule has 118 valence electrons. The molecule has 0 aliphatic heterocycles. The molecule has 0 rings (SSSR count). The molecule has 0 saturated heterocycles. The smallest absolute Gasteiger partial charge is 0.222 e. The summed E-state index contributed by atoms with van der Waals surface area (Å²) in [5.74, 6) is 1.09. The van der Waals surface area contributed by atoms with Crippen LogP contribution in [-0.2, 0) is 4.79 Å². The van der Waals surface area contributed by atoms with Gasteiger partial charge in [0.2, 0.25) is 5.91 Å². The minimum atomic E-state index is -0.0732. The number of hydrogen-bond acceptors (Lipinski definition) is 3. The molecule has 0 bridgehead atoms. The molecular weight excluding hydrogens is 250 g/mol. The van der Waals surface area contributed by atoms with Gasteiger partial charge in [-0.25, -0.2) is 0 Å². The van der Waals surface area contributed by atoms with Gasteiger partial charge in [0.15, 0.2) is 0 Å². The Morgan fingerprint density at radius 1 is 1.20 bits per heavy atom. The van der Waals surface area contributed by atoms with Crippen molar-refractivity contribution in [1.82, 2.24) is 9.80 Å². The van der Waals surface area contributed by atoms with E-state index >= 15 is 0 Å². The molecule has 0 heterocycles. The molecule has 0 saturated carbocycles. The largest absolute Gasteiger partial charge is 0.401 e. The Balaban J connectivity index is 4.23. The standard InChI is InChI=1S/C16H33N3O/c1-12(2)11-18(6)10-8-9-15(20)19(7)16(13(3)4)14(5)17/h12-13,16H,5,8-11,17H2,1-4,6-7H3/t16-/m0/s1.